The van der Waals surface area contributed by atoms with E-state index in [2.05, 4.69) is 4.98 Å². The number of hydrogen-bond donors (Lipinski definition) is 3. The first-order valence-electron chi connectivity index (χ1n) is 7.53. The molecule has 1 fully saturated rings. The number of aromatic amines is 1. The number of carbonyl (C=O) groups is 1. The highest BCUT2D eigenvalue weighted by molar-refractivity contribution is 8.14. The van der Waals surface area contributed by atoms with Crippen molar-refractivity contribution in [3.8, 4) is 0 Å². The molecule has 0 aliphatic carbocycles. The van der Waals surface area contributed by atoms with Crippen molar-refractivity contribution in [1.29, 1.82) is 0 Å². The van der Waals surface area contributed by atoms with Crippen LogP contribution in [0.25, 0.3) is 0 Å². The minimum Gasteiger partial charge on any atom is -0.394 e. The van der Waals surface area contributed by atoms with Gasteiger partial charge in [0.15, 0.2) is 6.23 Å². The van der Waals surface area contributed by atoms with Crippen LogP contribution in [0.5, 0.6) is 0 Å². The third kappa shape index (κ3) is 3.59. The van der Waals surface area contributed by atoms with Crippen LogP contribution in [0.4, 0.5) is 0 Å². The topological polar surface area (TPSA) is 122 Å². The Morgan fingerprint density at radius 3 is 2.60 bits per heavy atom. The summed E-state index contributed by atoms with van der Waals surface area (Å²) in [6.45, 7) is -0.466. The third-order valence-corrected chi connectivity index (χ3v) is 5.10. The highest BCUT2D eigenvalue weighted by atomic mass is 32.2. The van der Waals surface area contributed by atoms with Crippen molar-refractivity contribution in [3.05, 3.63) is 69.0 Å². The summed E-state index contributed by atoms with van der Waals surface area (Å²) in [6.07, 6.45) is -1.87. The van der Waals surface area contributed by atoms with Crippen LogP contribution in [0.3, 0.4) is 0 Å². The van der Waals surface area contributed by atoms with E-state index >= 15 is 0 Å². The first-order chi connectivity index (χ1) is 12.0. The predicted octanol–water partition coefficient (Wildman–Crippen LogP) is -0.271. The lowest BCUT2D eigenvalue weighted by Crippen LogP contribution is -2.36. The maximum atomic E-state index is 12.4. The molecule has 1 aromatic heterocycles. The molecule has 1 aromatic carbocycles. The number of aromatic nitrogens is 2. The summed E-state index contributed by atoms with van der Waals surface area (Å²) < 4.78 is 6.64. The van der Waals surface area contributed by atoms with Gasteiger partial charge in [0, 0.05) is 17.8 Å². The van der Waals surface area contributed by atoms with Crippen molar-refractivity contribution in [2.45, 2.75) is 23.7 Å². The number of nitrogens with one attached hydrogen (secondary N) is 1. The molecule has 3 N–H and O–H groups in total. The van der Waals surface area contributed by atoms with Crippen molar-refractivity contribution in [2.75, 3.05) is 6.61 Å². The van der Waals surface area contributed by atoms with Crippen LogP contribution in [-0.2, 0) is 4.74 Å². The van der Waals surface area contributed by atoms with Gasteiger partial charge in [0.2, 0.25) is 5.12 Å². The highest BCUT2D eigenvalue weighted by Gasteiger charge is 2.46. The number of rotatable bonds is 4. The van der Waals surface area contributed by atoms with E-state index in [1.165, 1.54) is 6.20 Å². The van der Waals surface area contributed by atoms with E-state index in [1.807, 2.05) is 0 Å². The standard InChI is InChI=1S/C16H16N2O6S/c19-8-10-12(21)13(25-15(22)9-4-2-1-3-5-9)14(24-10)18-7-6-11(20)17-16(18)23/h1-7,10,12-14,19,21H,8H2,(H,17,20,23)/t10-,12-,13?,14-/m1/s1. The van der Waals surface area contributed by atoms with Gasteiger partial charge in [-0.15, -0.1) is 0 Å². The largest absolute Gasteiger partial charge is 0.394 e. The molecule has 1 unspecified atom stereocenters. The van der Waals surface area contributed by atoms with Crippen LogP contribution in [0.2, 0.25) is 0 Å². The Labute approximate surface area is 146 Å². The molecule has 0 radical (unpaired) electrons. The van der Waals surface area contributed by atoms with E-state index < -0.39 is 41.5 Å². The molecule has 2 aromatic rings. The second kappa shape index (κ2) is 7.36. The van der Waals surface area contributed by atoms with E-state index in [0.717, 1.165) is 22.4 Å². The molecule has 1 aliphatic heterocycles. The Hall–Kier alpha value is -2.20. The van der Waals surface area contributed by atoms with Crippen LogP contribution in [0.15, 0.2) is 52.2 Å². The van der Waals surface area contributed by atoms with Gasteiger partial charge in [0.1, 0.15) is 6.10 Å². The van der Waals surface area contributed by atoms with Gasteiger partial charge < -0.3 is 14.9 Å². The molecule has 4 atom stereocenters. The van der Waals surface area contributed by atoms with Gasteiger partial charge in [-0.2, -0.15) is 0 Å². The molecule has 8 nitrogen and oxygen atoms in total. The van der Waals surface area contributed by atoms with Gasteiger partial charge in [0.05, 0.1) is 18.0 Å². The number of carbonyl (C=O) groups excluding carboxylic acids is 1. The Balaban J connectivity index is 1.91. The van der Waals surface area contributed by atoms with Gasteiger partial charge in [-0.1, -0.05) is 42.1 Å². The van der Waals surface area contributed by atoms with Crippen LogP contribution in [-0.4, -0.2) is 48.9 Å². The molecule has 0 saturated carbocycles. The SMILES string of the molecule is O=C(SC1[C@H](n2ccc(=O)[nH]c2=O)O[C@H](CO)[C@H]1O)c1ccccc1. The second-order valence-electron chi connectivity index (χ2n) is 5.49. The molecule has 0 amide bonds. The summed E-state index contributed by atoms with van der Waals surface area (Å²) in [7, 11) is 0. The first-order valence-corrected chi connectivity index (χ1v) is 8.41. The molecule has 3 rings (SSSR count). The van der Waals surface area contributed by atoms with Gasteiger partial charge in [0.25, 0.3) is 5.56 Å². The summed E-state index contributed by atoms with van der Waals surface area (Å²) >= 11 is 0.827. The van der Waals surface area contributed by atoms with Crippen molar-refractivity contribution < 1.29 is 19.7 Å². The number of nitrogens with zero attached hydrogens (tertiary/aromatic N) is 1. The minimum atomic E-state index is -1.16. The summed E-state index contributed by atoms with van der Waals surface area (Å²) in [4.78, 5) is 37.8. The van der Waals surface area contributed by atoms with Gasteiger partial charge >= 0.3 is 5.69 Å². The summed E-state index contributed by atoms with van der Waals surface area (Å²) in [5, 5.41) is 18.6. The van der Waals surface area contributed by atoms with Crippen molar-refractivity contribution >= 4 is 16.9 Å². The Morgan fingerprint density at radius 1 is 1.24 bits per heavy atom. The fourth-order valence-electron chi connectivity index (χ4n) is 2.61. The lowest BCUT2D eigenvalue weighted by Gasteiger charge is -2.20. The van der Waals surface area contributed by atoms with Crippen LogP contribution >= 0.6 is 11.8 Å². The normalized spacial score (nSPS) is 25.8. The Kier molecular flexibility index (Phi) is 5.19. The Bertz CT molecular complexity index is 865. The fraction of sp³-hybridized carbons (Fsp3) is 0.312. The Morgan fingerprint density at radius 2 is 1.96 bits per heavy atom. The highest BCUT2D eigenvalue weighted by Crippen LogP contribution is 2.38. The molecule has 1 aliphatic rings. The molecule has 0 spiro atoms. The lowest BCUT2D eigenvalue weighted by molar-refractivity contribution is -0.0457. The number of ether oxygens (including phenoxy) is 1. The van der Waals surface area contributed by atoms with E-state index in [1.54, 1.807) is 30.3 Å². The summed E-state index contributed by atoms with van der Waals surface area (Å²) in [5.74, 6) is 0. The number of thioether (sulfide) groups is 1. The van der Waals surface area contributed by atoms with Gasteiger partial charge in [-0.05, 0) is 0 Å². The average molecular weight is 364 g/mol. The van der Waals surface area contributed by atoms with Crippen LogP contribution < -0.4 is 11.2 Å². The number of aliphatic hydroxyl groups excluding tert-OH is 2. The fourth-order valence-corrected chi connectivity index (χ4v) is 3.76. The zero-order valence-corrected chi connectivity index (χ0v) is 13.8. The van der Waals surface area contributed by atoms with Crippen molar-refractivity contribution in [1.82, 2.24) is 9.55 Å². The molecule has 132 valence electrons. The second-order valence-corrected chi connectivity index (χ2v) is 6.64. The molecular formula is C16H16N2O6S. The lowest BCUT2D eigenvalue weighted by atomic mass is 10.2. The van der Waals surface area contributed by atoms with E-state index in [9.17, 15) is 24.6 Å². The summed E-state index contributed by atoms with van der Waals surface area (Å²) in [5.41, 5.74) is -0.844. The summed E-state index contributed by atoms with van der Waals surface area (Å²) in [6, 6.07) is 9.64. The molecule has 1 saturated heterocycles. The van der Waals surface area contributed by atoms with E-state index in [0.29, 0.717) is 5.56 Å². The monoisotopic (exact) mass is 364 g/mol. The van der Waals surface area contributed by atoms with Crippen molar-refractivity contribution in [3.63, 3.8) is 0 Å². The third-order valence-electron chi connectivity index (χ3n) is 3.87. The number of H-pyrrole nitrogens is 1. The maximum Gasteiger partial charge on any atom is 0.330 e. The van der Waals surface area contributed by atoms with E-state index in [-0.39, 0.29) is 5.12 Å². The molecule has 9 heteroatoms. The van der Waals surface area contributed by atoms with E-state index in [4.69, 9.17) is 4.74 Å². The molecular weight excluding hydrogens is 348 g/mol. The molecule has 2 heterocycles. The smallest absolute Gasteiger partial charge is 0.330 e. The van der Waals surface area contributed by atoms with Gasteiger partial charge in [-0.25, -0.2) is 4.79 Å². The van der Waals surface area contributed by atoms with Gasteiger partial charge in [-0.3, -0.25) is 19.1 Å². The maximum absolute atomic E-state index is 12.4. The van der Waals surface area contributed by atoms with Crippen LogP contribution in [0, 0.1) is 0 Å². The zero-order chi connectivity index (χ0) is 18.0. The quantitative estimate of drug-likeness (QED) is 0.683. The molecule has 0 bridgehead atoms. The average Bonchev–Trinajstić information content (AvgIpc) is 2.92. The number of hydrogen-bond acceptors (Lipinski definition) is 7. The first kappa shape index (κ1) is 17.6. The predicted molar refractivity (Wildman–Crippen MR) is 90.5 cm³/mol. The number of benzene rings is 1. The van der Waals surface area contributed by atoms with Crippen LogP contribution in [0.1, 0.15) is 16.6 Å². The zero-order valence-electron chi connectivity index (χ0n) is 12.9. The minimum absolute atomic E-state index is 0.297. The number of aliphatic hydroxyl groups is 2. The van der Waals surface area contributed by atoms with Crippen molar-refractivity contribution in [2.24, 2.45) is 0 Å². The molecule has 25 heavy (non-hydrogen) atoms.